The first-order chi connectivity index (χ1) is 11.5. The predicted octanol–water partition coefficient (Wildman–Crippen LogP) is 3.82. The highest BCUT2D eigenvalue weighted by Crippen LogP contribution is 2.27. The van der Waals surface area contributed by atoms with E-state index in [1.807, 2.05) is 18.2 Å². The molecule has 0 heterocycles. The van der Waals surface area contributed by atoms with Gasteiger partial charge >= 0.3 is 0 Å². The number of nitrogens with zero attached hydrogens (tertiary/aromatic N) is 1. The predicted molar refractivity (Wildman–Crippen MR) is 100 cm³/mol. The lowest BCUT2D eigenvalue weighted by Gasteiger charge is -2.12. The van der Waals surface area contributed by atoms with E-state index in [0.717, 1.165) is 0 Å². The molecule has 24 heavy (non-hydrogen) atoms. The van der Waals surface area contributed by atoms with Crippen LogP contribution in [0, 0.1) is 0 Å². The second-order valence-corrected chi connectivity index (χ2v) is 7.02. The zero-order valence-electron chi connectivity index (χ0n) is 14.2. The number of anilines is 1. The Kier molecular flexibility index (Phi) is 6.44. The third-order valence-corrected chi connectivity index (χ3v) is 4.76. The first kappa shape index (κ1) is 18.1. The monoisotopic (exact) mass is 342 g/mol. The molecule has 0 aliphatic rings. The Bertz CT molecular complexity index is 684. The van der Waals surface area contributed by atoms with Crippen LogP contribution in [-0.4, -0.2) is 36.6 Å². The van der Waals surface area contributed by atoms with Crippen molar-refractivity contribution < 1.29 is 9.59 Å². The minimum Gasteiger partial charge on any atom is -0.345 e. The highest BCUT2D eigenvalue weighted by molar-refractivity contribution is 8.00. The summed E-state index contributed by atoms with van der Waals surface area (Å²) in [7, 11) is 3.42. The molecule has 0 aliphatic carbocycles. The molecule has 4 nitrogen and oxygen atoms in total. The summed E-state index contributed by atoms with van der Waals surface area (Å²) in [5.74, 6) is 0.281. The first-order valence-corrected chi connectivity index (χ1v) is 8.80. The second-order valence-electron chi connectivity index (χ2n) is 5.69. The van der Waals surface area contributed by atoms with E-state index in [9.17, 15) is 9.59 Å². The molecule has 0 unspecified atom stereocenters. The number of hydrogen-bond donors (Lipinski definition) is 1. The number of benzene rings is 2. The number of carbonyl (C=O) groups excluding carboxylic acids is 2. The molecule has 2 aromatic carbocycles. The van der Waals surface area contributed by atoms with Gasteiger partial charge in [-0.3, -0.25) is 9.59 Å². The molecule has 2 rings (SSSR count). The van der Waals surface area contributed by atoms with Crippen LogP contribution < -0.4 is 5.32 Å². The SMILES string of the molecule is C[C@H](SCC(=O)Nc1ccc(C(=O)N(C)C)cc1)c1ccccc1. The summed E-state index contributed by atoms with van der Waals surface area (Å²) in [6, 6.07) is 17.1. The molecule has 0 spiro atoms. The topological polar surface area (TPSA) is 49.4 Å². The fourth-order valence-corrected chi connectivity index (χ4v) is 3.00. The number of carbonyl (C=O) groups is 2. The van der Waals surface area contributed by atoms with E-state index >= 15 is 0 Å². The molecule has 0 aliphatic heterocycles. The van der Waals surface area contributed by atoms with Crippen LogP contribution in [-0.2, 0) is 4.79 Å². The van der Waals surface area contributed by atoms with Crippen LogP contribution in [0.4, 0.5) is 5.69 Å². The molecule has 2 amide bonds. The molecule has 1 atom stereocenters. The average molecular weight is 342 g/mol. The van der Waals surface area contributed by atoms with E-state index in [-0.39, 0.29) is 17.1 Å². The van der Waals surface area contributed by atoms with Crippen molar-refractivity contribution in [3.05, 3.63) is 65.7 Å². The summed E-state index contributed by atoms with van der Waals surface area (Å²) < 4.78 is 0. The molecular weight excluding hydrogens is 320 g/mol. The van der Waals surface area contributed by atoms with Crippen LogP contribution in [0.25, 0.3) is 0 Å². The minimum absolute atomic E-state index is 0.0468. The van der Waals surface area contributed by atoms with Gasteiger partial charge in [0.15, 0.2) is 0 Å². The molecule has 0 saturated heterocycles. The Morgan fingerprint density at radius 1 is 1.04 bits per heavy atom. The van der Waals surface area contributed by atoms with Gasteiger partial charge in [-0.25, -0.2) is 0 Å². The Hall–Kier alpha value is -2.27. The number of nitrogens with one attached hydrogen (secondary N) is 1. The molecule has 0 bridgehead atoms. The quantitative estimate of drug-likeness (QED) is 0.868. The van der Waals surface area contributed by atoms with Crippen molar-refractivity contribution >= 4 is 29.3 Å². The second kappa shape index (κ2) is 8.55. The summed E-state index contributed by atoms with van der Waals surface area (Å²) >= 11 is 1.60. The van der Waals surface area contributed by atoms with Crippen LogP contribution in [0.2, 0.25) is 0 Å². The average Bonchev–Trinajstić information content (AvgIpc) is 2.60. The van der Waals surface area contributed by atoms with E-state index in [1.54, 1.807) is 50.1 Å². The summed E-state index contributed by atoms with van der Waals surface area (Å²) in [5.41, 5.74) is 2.51. The van der Waals surface area contributed by atoms with Crippen molar-refractivity contribution in [3.63, 3.8) is 0 Å². The maximum absolute atomic E-state index is 12.1. The van der Waals surface area contributed by atoms with Gasteiger partial charge in [0.1, 0.15) is 0 Å². The summed E-state index contributed by atoms with van der Waals surface area (Å²) in [6.45, 7) is 2.09. The van der Waals surface area contributed by atoms with Gasteiger partial charge in [0.05, 0.1) is 5.75 Å². The Morgan fingerprint density at radius 2 is 1.67 bits per heavy atom. The van der Waals surface area contributed by atoms with E-state index < -0.39 is 0 Å². The Labute approximate surface area is 147 Å². The van der Waals surface area contributed by atoms with Crippen molar-refractivity contribution in [1.29, 1.82) is 0 Å². The first-order valence-electron chi connectivity index (χ1n) is 7.75. The van der Waals surface area contributed by atoms with Crippen molar-refractivity contribution in [2.75, 3.05) is 25.2 Å². The number of thioether (sulfide) groups is 1. The number of hydrogen-bond acceptors (Lipinski definition) is 3. The maximum atomic E-state index is 12.1. The molecule has 0 radical (unpaired) electrons. The van der Waals surface area contributed by atoms with Gasteiger partial charge in [0.25, 0.3) is 5.91 Å². The molecule has 2 aromatic rings. The lowest BCUT2D eigenvalue weighted by atomic mass is 10.2. The molecule has 0 fully saturated rings. The largest absolute Gasteiger partial charge is 0.345 e. The van der Waals surface area contributed by atoms with Gasteiger partial charge in [0.2, 0.25) is 5.91 Å². The Balaban J connectivity index is 1.85. The number of rotatable bonds is 6. The minimum atomic E-state index is -0.0554. The van der Waals surface area contributed by atoms with Gasteiger partial charge in [-0.1, -0.05) is 30.3 Å². The third kappa shape index (κ3) is 5.13. The summed E-state index contributed by atoms with van der Waals surface area (Å²) in [6.07, 6.45) is 0. The van der Waals surface area contributed by atoms with Gasteiger partial charge < -0.3 is 10.2 Å². The van der Waals surface area contributed by atoms with Gasteiger partial charge in [0, 0.05) is 30.6 Å². The van der Waals surface area contributed by atoms with E-state index in [0.29, 0.717) is 17.0 Å². The van der Waals surface area contributed by atoms with Crippen LogP contribution in [0.3, 0.4) is 0 Å². The van der Waals surface area contributed by atoms with Gasteiger partial charge in [-0.2, -0.15) is 0 Å². The molecule has 5 heteroatoms. The normalized spacial score (nSPS) is 11.6. The van der Waals surface area contributed by atoms with Crippen LogP contribution >= 0.6 is 11.8 Å². The fourth-order valence-electron chi connectivity index (χ4n) is 2.17. The van der Waals surface area contributed by atoms with Crippen molar-refractivity contribution in [2.45, 2.75) is 12.2 Å². The summed E-state index contributed by atoms with van der Waals surface area (Å²) in [5, 5.41) is 3.12. The van der Waals surface area contributed by atoms with E-state index in [1.165, 1.54) is 10.5 Å². The fraction of sp³-hybridized carbons (Fsp3) is 0.263. The van der Waals surface area contributed by atoms with Gasteiger partial charge in [-0.15, -0.1) is 11.8 Å². The smallest absolute Gasteiger partial charge is 0.253 e. The lowest BCUT2D eigenvalue weighted by molar-refractivity contribution is -0.113. The zero-order valence-corrected chi connectivity index (χ0v) is 15.0. The number of amides is 2. The third-order valence-electron chi connectivity index (χ3n) is 3.56. The van der Waals surface area contributed by atoms with Crippen molar-refractivity contribution in [1.82, 2.24) is 4.90 Å². The standard InChI is InChI=1S/C19H22N2O2S/c1-14(15-7-5-4-6-8-15)24-13-18(22)20-17-11-9-16(10-12-17)19(23)21(2)3/h4-12,14H,13H2,1-3H3,(H,20,22)/t14-/m0/s1. The lowest BCUT2D eigenvalue weighted by Crippen LogP contribution is -2.21. The van der Waals surface area contributed by atoms with Crippen molar-refractivity contribution in [2.24, 2.45) is 0 Å². The molecular formula is C19H22N2O2S. The van der Waals surface area contributed by atoms with E-state index in [2.05, 4.69) is 24.4 Å². The van der Waals surface area contributed by atoms with Crippen LogP contribution in [0.15, 0.2) is 54.6 Å². The molecule has 0 saturated carbocycles. The maximum Gasteiger partial charge on any atom is 0.253 e. The molecule has 126 valence electrons. The van der Waals surface area contributed by atoms with Gasteiger partial charge in [-0.05, 0) is 36.8 Å². The zero-order chi connectivity index (χ0) is 17.5. The molecule has 1 N–H and O–H groups in total. The van der Waals surface area contributed by atoms with Crippen molar-refractivity contribution in [3.8, 4) is 0 Å². The Morgan fingerprint density at radius 3 is 2.25 bits per heavy atom. The highest BCUT2D eigenvalue weighted by atomic mass is 32.2. The highest BCUT2D eigenvalue weighted by Gasteiger charge is 2.10. The van der Waals surface area contributed by atoms with E-state index in [4.69, 9.17) is 0 Å². The van der Waals surface area contributed by atoms with Crippen LogP contribution in [0.1, 0.15) is 28.1 Å². The van der Waals surface area contributed by atoms with Crippen LogP contribution in [0.5, 0.6) is 0 Å². The molecule has 0 aromatic heterocycles. The summed E-state index contributed by atoms with van der Waals surface area (Å²) in [4.78, 5) is 25.4.